The van der Waals surface area contributed by atoms with E-state index in [4.69, 9.17) is 14.5 Å². The van der Waals surface area contributed by atoms with E-state index in [-0.39, 0.29) is 6.10 Å². The second-order valence-electron chi connectivity index (χ2n) is 7.64. The van der Waals surface area contributed by atoms with E-state index in [1.807, 2.05) is 36.5 Å². The van der Waals surface area contributed by atoms with Crippen molar-refractivity contribution in [3.8, 4) is 17.0 Å². The van der Waals surface area contributed by atoms with E-state index >= 15 is 0 Å². The molecule has 156 valence electrons. The Kier molecular flexibility index (Phi) is 5.56. The fourth-order valence-corrected chi connectivity index (χ4v) is 4.03. The number of ether oxygens (including phenoxy) is 2. The molecule has 6 heteroatoms. The van der Waals surface area contributed by atoms with Gasteiger partial charge in [0.25, 0.3) is 0 Å². The molecule has 4 aromatic rings. The van der Waals surface area contributed by atoms with Gasteiger partial charge in [-0.2, -0.15) is 0 Å². The van der Waals surface area contributed by atoms with Crippen LogP contribution in [0.3, 0.4) is 0 Å². The molecule has 5 rings (SSSR count). The number of benzene rings is 2. The molecule has 2 aromatic carbocycles. The second kappa shape index (κ2) is 8.79. The Morgan fingerprint density at radius 2 is 2.03 bits per heavy atom. The van der Waals surface area contributed by atoms with E-state index in [9.17, 15) is 0 Å². The van der Waals surface area contributed by atoms with Crippen molar-refractivity contribution in [2.24, 2.45) is 0 Å². The Balaban J connectivity index is 1.36. The van der Waals surface area contributed by atoms with Gasteiger partial charge in [0.1, 0.15) is 11.9 Å². The van der Waals surface area contributed by atoms with Crippen LogP contribution in [0.15, 0.2) is 73.2 Å². The lowest BCUT2D eigenvalue weighted by Crippen LogP contribution is -2.38. The van der Waals surface area contributed by atoms with Crippen LogP contribution in [0.2, 0.25) is 0 Å². The first-order valence-corrected chi connectivity index (χ1v) is 10.4. The summed E-state index contributed by atoms with van der Waals surface area (Å²) in [5.74, 6) is 0.800. The summed E-state index contributed by atoms with van der Waals surface area (Å²) in [5.41, 5.74) is 4.95. The standard InChI is InChI=1S/C25H24N4O2/c1-30-20-7-2-5-18(13-20)23-14-26-15-24(28-23)25-17-29(11-12-31-25)16-19-6-3-9-22-21(19)8-4-10-27-22/h2-10,13-15,25H,11-12,16-17H2,1H3/t25-/m1/s1. The minimum atomic E-state index is -0.111. The number of fused-ring (bicyclic) bond motifs is 1. The zero-order chi connectivity index (χ0) is 21.0. The highest BCUT2D eigenvalue weighted by Crippen LogP contribution is 2.27. The first-order chi connectivity index (χ1) is 15.3. The maximum absolute atomic E-state index is 6.07. The van der Waals surface area contributed by atoms with Crippen molar-refractivity contribution >= 4 is 10.9 Å². The fourth-order valence-electron chi connectivity index (χ4n) is 4.03. The molecule has 2 aromatic heterocycles. The quantitative estimate of drug-likeness (QED) is 0.488. The summed E-state index contributed by atoms with van der Waals surface area (Å²) in [6, 6.07) is 18.3. The summed E-state index contributed by atoms with van der Waals surface area (Å²) in [7, 11) is 1.66. The molecule has 0 unspecified atom stereocenters. The van der Waals surface area contributed by atoms with E-state index in [0.717, 1.165) is 47.9 Å². The highest BCUT2D eigenvalue weighted by Gasteiger charge is 2.24. The third-order valence-corrected chi connectivity index (χ3v) is 5.63. The molecule has 1 saturated heterocycles. The molecule has 3 heterocycles. The number of hydrogen-bond acceptors (Lipinski definition) is 6. The zero-order valence-corrected chi connectivity index (χ0v) is 17.4. The number of nitrogens with zero attached hydrogens (tertiary/aromatic N) is 4. The van der Waals surface area contributed by atoms with Gasteiger partial charge in [-0.25, -0.2) is 4.98 Å². The molecule has 1 atom stereocenters. The summed E-state index contributed by atoms with van der Waals surface area (Å²) in [5, 5.41) is 1.20. The summed E-state index contributed by atoms with van der Waals surface area (Å²) >= 11 is 0. The average Bonchev–Trinajstić information content (AvgIpc) is 2.85. The minimum Gasteiger partial charge on any atom is -0.497 e. The third kappa shape index (κ3) is 4.26. The first kappa shape index (κ1) is 19.6. The van der Waals surface area contributed by atoms with Crippen LogP contribution in [0.5, 0.6) is 5.75 Å². The lowest BCUT2D eigenvalue weighted by atomic mass is 10.1. The molecule has 0 amide bonds. The smallest absolute Gasteiger partial charge is 0.119 e. The van der Waals surface area contributed by atoms with Crippen LogP contribution in [0.4, 0.5) is 0 Å². The van der Waals surface area contributed by atoms with Gasteiger partial charge in [0.2, 0.25) is 0 Å². The fraction of sp³-hybridized carbons (Fsp3) is 0.240. The van der Waals surface area contributed by atoms with Gasteiger partial charge in [0.05, 0.1) is 43.0 Å². The van der Waals surface area contributed by atoms with Gasteiger partial charge in [-0.05, 0) is 29.8 Å². The molecule has 1 aliphatic rings. The van der Waals surface area contributed by atoms with E-state index < -0.39 is 0 Å². The minimum absolute atomic E-state index is 0.111. The molecule has 0 aliphatic carbocycles. The summed E-state index contributed by atoms with van der Waals surface area (Å²) in [4.78, 5) is 16.2. The van der Waals surface area contributed by atoms with Crippen molar-refractivity contribution in [2.75, 3.05) is 26.8 Å². The van der Waals surface area contributed by atoms with Crippen molar-refractivity contribution < 1.29 is 9.47 Å². The van der Waals surface area contributed by atoms with Crippen LogP contribution in [0.25, 0.3) is 22.2 Å². The maximum Gasteiger partial charge on any atom is 0.119 e. The Morgan fingerprint density at radius 1 is 1.10 bits per heavy atom. The van der Waals surface area contributed by atoms with Gasteiger partial charge in [-0.3, -0.25) is 14.9 Å². The molecule has 31 heavy (non-hydrogen) atoms. The van der Waals surface area contributed by atoms with Crippen LogP contribution in [-0.4, -0.2) is 46.7 Å². The van der Waals surface area contributed by atoms with Gasteiger partial charge < -0.3 is 9.47 Å². The number of morpholine rings is 1. The molecule has 0 saturated carbocycles. The number of hydrogen-bond donors (Lipinski definition) is 0. The highest BCUT2D eigenvalue weighted by atomic mass is 16.5. The van der Waals surface area contributed by atoms with Crippen LogP contribution < -0.4 is 4.74 Å². The Morgan fingerprint density at radius 3 is 2.97 bits per heavy atom. The number of methoxy groups -OCH3 is 1. The van der Waals surface area contributed by atoms with Gasteiger partial charge in [-0.15, -0.1) is 0 Å². The Hall–Kier alpha value is -3.35. The second-order valence-corrected chi connectivity index (χ2v) is 7.64. The lowest BCUT2D eigenvalue weighted by Gasteiger charge is -2.32. The Labute approximate surface area is 181 Å². The number of pyridine rings is 1. The summed E-state index contributed by atoms with van der Waals surface area (Å²) in [6.45, 7) is 3.17. The summed E-state index contributed by atoms with van der Waals surface area (Å²) in [6.07, 6.45) is 5.31. The molecular weight excluding hydrogens is 388 g/mol. The van der Waals surface area contributed by atoms with Gasteiger partial charge in [0.15, 0.2) is 0 Å². The van der Waals surface area contributed by atoms with E-state index in [1.54, 1.807) is 19.5 Å². The molecule has 1 aliphatic heterocycles. The molecule has 0 radical (unpaired) electrons. The normalized spacial score (nSPS) is 17.0. The first-order valence-electron chi connectivity index (χ1n) is 10.4. The van der Waals surface area contributed by atoms with Crippen LogP contribution in [-0.2, 0) is 11.3 Å². The average molecular weight is 412 g/mol. The van der Waals surface area contributed by atoms with Crippen molar-refractivity contribution in [3.63, 3.8) is 0 Å². The van der Waals surface area contributed by atoms with Crippen molar-refractivity contribution in [2.45, 2.75) is 12.6 Å². The van der Waals surface area contributed by atoms with Crippen molar-refractivity contribution in [1.82, 2.24) is 19.9 Å². The van der Waals surface area contributed by atoms with E-state index in [2.05, 4.69) is 39.1 Å². The van der Waals surface area contributed by atoms with Crippen LogP contribution in [0, 0.1) is 0 Å². The molecule has 0 bridgehead atoms. The van der Waals surface area contributed by atoms with Crippen LogP contribution >= 0.6 is 0 Å². The molecular formula is C25H24N4O2. The van der Waals surface area contributed by atoms with Gasteiger partial charge >= 0.3 is 0 Å². The van der Waals surface area contributed by atoms with Crippen molar-refractivity contribution in [1.29, 1.82) is 0 Å². The zero-order valence-electron chi connectivity index (χ0n) is 17.4. The summed E-state index contributed by atoms with van der Waals surface area (Å²) < 4.78 is 11.4. The Bertz CT molecular complexity index is 1190. The lowest BCUT2D eigenvalue weighted by molar-refractivity contribution is -0.0349. The van der Waals surface area contributed by atoms with Crippen molar-refractivity contribution in [3.05, 3.63) is 84.4 Å². The number of aromatic nitrogens is 3. The van der Waals surface area contributed by atoms with Crippen LogP contribution in [0.1, 0.15) is 17.4 Å². The van der Waals surface area contributed by atoms with Gasteiger partial charge in [-0.1, -0.05) is 30.3 Å². The molecule has 1 fully saturated rings. The third-order valence-electron chi connectivity index (χ3n) is 5.63. The highest BCUT2D eigenvalue weighted by molar-refractivity contribution is 5.81. The van der Waals surface area contributed by atoms with E-state index in [0.29, 0.717) is 6.61 Å². The van der Waals surface area contributed by atoms with Gasteiger partial charge in [0, 0.05) is 36.8 Å². The monoisotopic (exact) mass is 412 g/mol. The number of rotatable bonds is 5. The predicted molar refractivity (Wildman–Crippen MR) is 120 cm³/mol. The van der Waals surface area contributed by atoms with E-state index in [1.165, 1.54) is 10.9 Å². The molecule has 0 N–H and O–H groups in total. The SMILES string of the molecule is COc1cccc(-c2cncc([C@H]3CN(Cc4cccc5ncccc45)CCO3)n2)c1. The topological polar surface area (TPSA) is 60.4 Å². The predicted octanol–water partition coefficient (Wildman–Crippen LogP) is 4.27. The molecule has 6 nitrogen and oxygen atoms in total. The molecule has 0 spiro atoms. The maximum atomic E-state index is 6.07. The largest absolute Gasteiger partial charge is 0.497 e.